The van der Waals surface area contributed by atoms with Gasteiger partial charge in [-0.2, -0.15) is 0 Å². The number of imidazole rings is 1. The fraction of sp³-hybridized carbons (Fsp3) is 0.522. The molecule has 0 unspecified atom stereocenters. The van der Waals surface area contributed by atoms with Gasteiger partial charge in [0.1, 0.15) is 12.4 Å². The predicted octanol–water partition coefficient (Wildman–Crippen LogP) is 2.78. The minimum Gasteiger partial charge on any atom is -0.357 e. The van der Waals surface area contributed by atoms with Gasteiger partial charge in [-0.1, -0.05) is 36.8 Å². The van der Waals surface area contributed by atoms with Gasteiger partial charge in [-0.3, -0.25) is 4.79 Å². The molecule has 0 atom stereocenters. The number of hydrogen-bond acceptors (Lipinski definition) is 3. The first-order valence-corrected chi connectivity index (χ1v) is 11.1. The van der Waals surface area contributed by atoms with E-state index in [1.165, 1.54) is 5.56 Å². The normalized spacial score (nSPS) is 15.2. The van der Waals surface area contributed by atoms with Crippen molar-refractivity contribution < 1.29 is 4.79 Å². The highest BCUT2D eigenvalue weighted by Gasteiger charge is 2.15. The fourth-order valence-corrected chi connectivity index (χ4v) is 3.66. The molecule has 7 heteroatoms. The number of nitrogens with one attached hydrogen (secondary N) is 2. The van der Waals surface area contributed by atoms with E-state index in [0.29, 0.717) is 18.9 Å². The second kappa shape index (κ2) is 12.0. The van der Waals surface area contributed by atoms with Crippen LogP contribution in [0.4, 0.5) is 0 Å². The summed E-state index contributed by atoms with van der Waals surface area (Å²) in [6.45, 7) is 6.66. The molecule has 1 aromatic heterocycles. The molecule has 30 heavy (non-hydrogen) atoms. The summed E-state index contributed by atoms with van der Waals surface area (Å²) < 4.78 is 2.13. The Labute approximate surface area is 179 Å². The third-order valence-electron chi connectivity index (χ3n) is 5.29. The van der Waals surface area contributed by atoms with Gasteiger partial charge in [-0.25, -0.2) is 9.98 Å². The van der Waals surface area contributed by atoms with Gasteiger partial charge >= 0.3 is 0 Å². The van der Waals surface area contributed by atoms with Gasteiger partial charge in [0.05, 0.1) is 0 Å². The molecule has 1 amide bonds. The lowest BCUT2D eigenvalue weighted by molar-refractivity contribution is -0.130. The van der Waals surface area contributed by atoms with Gasteiger partial charge in [-0.15, -0.1) is 0 Å². The molecule has 1 saturated heterocycles. The molecule has 2 aromatic rings. The smallest absolute Gasteiger partial charge is 0.222 e. The van der Waals surface area contributed by atoms with Crippen molar-refractivity contribution >= 4 is 11.9 Å². The summed E-state index contributed by atoms with van der Waals surface area (Å²) in [5, 5.41) is 6.68. The molecule has 0 aliphatic carbocycles. The molecule has 0 bridgehead atoms. The molecule has 3 rings (SSSR count). The van der Waals surface area contributed by atoms with Gasteiger partial charge in [0.25, 0.3) is 0 Å². The Balaban J connectivity index is 1.49. The van der Waals surface area contributed by atoms with Crippen LogP contribution in [0.5, 0.6) is 0 Å². The van der Waals surface area contributed by atoms with Gasteiger partial charge in [0.2, 0.25) is 5.91 Å². The number of carbonyl (C=O) groups excluding carboxylic acids is 1. The van der Waals surface area contributed by atoms with Crippen LogP contribution in [-0.4, -0.2) is 52.5 Å². The molecule has 1 aliphatic rings. The van der Waals surface area contributed by atoms with Crippen LogP contribution in [0.15, 0.2) is 47.7 Å². The molecule has 1 fully saturated rings. The lowest BCUT2D eigenvalue weighted by Crippen LogP contribution is -2.39. The number of amides is 1. The highest BCUT2D eigenvalue weighted by atomic mass is 16.2. The van der Waals surface area contributed by atoms with Gasteiger partial charge in [0.15, 0.2) is 5.96 Å². The summed E-state index contributed by atoms with van der Waals surface area (Å²) in [6, 6.07) is 10.4. The minimum atomic E-state index is 0.304. The molecule has 0 saturated carbocycles. The van der Waals surface area contributed by atoms with E-state index in [2.05, 4.69) is 51.4 Å². The van der Waals surface area contributed by atoms with Crippen molar-refractivity contribution in [3.05, 3.63) is 54.1 Å². The zero-order chi connectivity index (χ0) is 21.0. The van der Waals surface area contributed by atoms with Crippen molar-refractivity contribution in [1.29, 1.82) is 0 Å². The van der Waals surface area contributed by atoms with E-state index < -0.39 is 0 Å². The van der Waals surface area contributed by atoms with Crippen LogP contribution < -0.4 is 10.6 Å². The predicted molar refractivity (Wildman–Crippen MR) is 120 cm³/mol. The Kier molecular flexibility index (Phi) is 8.75. The topological polar surface area (TPSA) is 74.6 Å². The first-order valence-electron chi connectivity index (χ1n) is 11.1. The van der Waals surface area contributed by atoms with Crippen LogP contribution in [-0.2, 0) is 17.9 Å². The van der Waals surface area contributed by atoms with E-state index in [9.17, 15) is 4.79 Å². The molecule has 0 spiro atoms. The van der Waals surface area contributed by atoms with Crippen molar-refractivity contribution in [3.63, 3.8) is 0 Å². The number of carbonyl (C=O) groups is 1. The van der Waals surface area contributed by atoms with Crippen LogP contribution in [0, 0.1) is 0 Å². The lowest BCUT2D eigenvalue weighted by Gasteiger charge is -2.20. The number of guanidine groups is 1. The SMILES string of the molecule is CCNC(=NCc1nccn1Cc1ccccc1)NCCCN1CCCCCC1=O. The largest absolute Gasteiger partial charge is 0.357 e. The second-order valence-corrected chi connectivity index (χ2v) is 7.62. The van der Waals surface area contributed by atoms with Crippen molar-refractivity contribution in [2.24, 2.45) is 4.99 Å². The number of nitrogens with zero attached hydrogens (tertiary/aromatic N) is 4. The Morgan fingerprint density at radius 3 is 2.87 bits per heavy atom. The highest BCUT2D eigenvalue weighted by Crippen LogP contribution is 2.11. The average molecular weight is 411 g/mol. The number of likely N-dealkylation sites (tertiary alicyclic amines) is 1. The van der Waals surface area contributed by atoms with E-state index in [4.69, 9.17) is 4.99 Å². The number of aromatic nitrogens is 2. The van der Waals surface area contributed by atoms with Crippen LogP contribution in [0.2, 0.25) is 0 Å². The van der Waals surface area contributed by atoms with E-state index in [1.807, 2.05) is 23.4 Å². The zero-order valence-corrected chi connectivity index (χ0v) is 18.0. The quantitative estimate of drug-likeness (QED) is 0.379. The second-order valence-electron chi connectivity index (χ2n) is 7.62. The van der Waals surface area contributed by atoms with Crippen LogP contribution in [0.1, 0.15) is 50.4 Å². The highest BCUT2D eigenvalue weighted by molar-refractivity contribution is 5.79. The molecule has 2 heterocycles. The maximum absolute atomic E-state index is 12.1. The molecular weight excluding hydrogens is 376 g/mol. The first-order chi connectivity index (χ1) is 14.8. The average Bonchev–Trinajstić information content (AvgIpc) is 3.09. The van der Waals surface area contributed by atoms with Crippen molar-refractivity contribution in [2.45, 2.75) is 52.1 Å². The number of rotatable bonds is 9. The summed E-state index contributed by atoms with van der Waals surface area (Å²) >= 11 is 0. The number of benzene rings is 1. The molecule has 0 radical (unpaired) electrons. The van der Waals surface area contributed by atoms with Gasteiger partial charge in [0, 0.05) is 51.5 Å². The Bertz CT molecular complexity index is 801. The first kappa shape index (κ1) is 21.9. The van der Waals surface area contributed by atoms with E-state index in [0.717, 1.165) is 70.2 Å². The number of aliphatic imine (C=N–C) groups is 1. The molecule has 2 N–H and O–H groups in total. The van der Waals surface area contributed by atoms with Gasteiger partial charge in [-0.05, 0) is 31.7 Å². The van der Waals surface area contributed by atoms with E-state index in [-0.39, 0.29) is 0 Å². The fourth-order valence-electron chi connectivity index (χ4n) is 3.66. The molecule has 1 aliphatic heterocycles. The van der Waals surface area contributed by atoms with Crippen molar-refractivity contribution in [3.8, 4) is 0 Å². The van der Waals surface area contributed by atoms with Crippen LogP contribution >= 0.6 is 0 Å². The maximum atomic E-state index is 12.1. The van der Waals surface area contributed by atoms with Gasteiger partial charge < -0.3 is 20.1 Å². The Hall–Kier alpha value is -2.83. The Morgan fingerprint density at radius 2 is 2.03 bits per heavy atom. The number of hydrogen-bond donors (Lipinski definition) is 2. The Morgan fingerprint density at radius 1 is 1.17 bits per heavy atom. The zero-order valence-electron chi connectivity index (χ0n) is 18.0. The molecule has 7 nitrogen and oxygen atoms in total. The summed E-state index contributed by atoms with van der Waals surface area (Å²) in [5.74, 6) is 2.03. The van der Waals surface area contributed by atoms with E-state index in [1.54, 1.807) is 0 Å². The molecule has 162 valence electrons. The summed E-state index contributed by atoms with van der Waals surface area (Å²) in [6.07, 6.45) is 8.76. The molecule has 1 aromatic carbocycles. The summed E-state index contributed by atoms with van der Waals surface area (Å²) in [5.41, 5.74) is 1.24. The summed E-state index contributed by atoms with van der Waals surface area (Å²) in [4.78, 5) is 23.3. The van der Waals surface area contributed by atoms with Crippen LogP contribution in [0.3, 0.4) is 0 Å². The van der Waals surface area contributed by atoms with Crippen LogP contribution in [0.25, 0.3) is 0 Å². The third-order valence-corrected chi connectivity index (χ3v) is 5.29. The van der Waals surface area contributed by atoms with E-state index >= 15 is 0 Å². The maximum Gasteiger partial charge on any atom is 0.222 e. The van der Waals surface area contributed by atoms with Crippen molar-refractivity contribution in [1.82, 2.24) is 25.1 Å². The molecular formula is C23H34N6O. The minimum absolute atomic E-state index is 0.304. The third kappa shape index (κ3) is 6.90. The summed E-state index contributed by atoms with van der Waals surface area (Å²) in [7, 11) is 0. The van der Waals surface area contributed by atoms with Crippen molar-refractivity contribution in [2.75, 3.05) is 26.2 Å². The lowest BCUT2D eigenvalue weighted by atomic mass is 10.2. The standard InChI is InChI=1S/C23H34N6O/c1-2-24-23(26-13-9-16-28-15-8-4-7-12-22(28)30)27-18-21-25-14-17-29(21)19-20-10-5-3-6-11-20/h3,5-6,10-11,14,17H,2,4,7-9,12-13,15-16,18-19H2,1H3,(H2,24,26,27). The monoisotopic (exact) mass is 410 g/mol.